The van der Waals surface area contributed by atoms with Gasteiger partial charge in [0.25, 0.3) is 0 Å². The van der Waals surface area contributed by atoms with Gasteiger partial charge in [0.2, 0.25) is 0 Å². The van der Waals surface area contributed by atoms with Crippen LogP contribution in [-0.4, -0.2) is 12.1 Å². The largest absolute Gasteiger partial charge is 0.496 e. The number of benzene rings is 1. The van der Waals surface area contributed by atoms with E-state index in [1.165, 1.54) is 0 Å². The Morgan fingerprint density at radius 3 is 3.17 bits per heavy atom. The zero-order valence-corrected chi connectivity index (χ0v) is 6.74. The highest BCUT2D eigenvalue weighted by atomic mass is 16.5. The van der Waals surface area contributed by atoms with Crippen LogP contribution in [0.4, 0.5) is 0 Å². The van der Waals surface area contributed by atoms with Crippen molar-refractivity contribution in [3.8, 4) is 5.75 Å². The average molecular weight is 158 g/mol. The Labute approximate surface area is 70.8 Å². The van der Waals surface area contributed by atoms with Gasteiger partial charge in [-0.05, 0) is 24.3 Å². The first-order valence-corrected chi connectivity index (χ1v) is 3.71. The summed E-state index contributed by atoms with van der Waals surface area (Å²) in [6, 6.07) is 10.6. The van der Waals surface area contributed by atoms with Crippen molar-refractivity contribution in [3.05, 3.63) is 36.5 Å². The van der Waals surface area contributed by atoms with Crippen LogP contribution in [0.15, 0.2) is 30.5 Å². The highest BCUT2D eigenvalue weighted by Gasteiger charge is 1.98. The summed E-state index contributed by atoms with van der Waals surface area (Å²) >= 11 is 0. The summed E-state index contributed by atoms with van der Waals surface area (Å²) in [4.78, 5) is 4.15. The molecule has 0 amide bonds. The normalized spacial score (nSPS) is 10.1. The molecule has 0 N–H and O–H groups in total. The third-order valence-electron chi connectivity index (χ3n) is 1.75. The van der Waals surface area contributed by atoms with Gasteiger partial charge in [0.1, 0.15) is 5.75 Å². The van der Waals surface area contributed by atoms with Gasteiger partial charge in [-0.2, -0.15) is 0 Å². The fourth-order valence-electron chi connectivity index (χ4n) is 1.18. The molecule has 1 aromatic carbocycles. The van der Waals surface area contributed by atoms with E-state index < -0.39 is 0 Å². The number of aromatic nitrogens is 1. The second kappa shape index (κ2) is 2.81. The van der Waals surface area contributed by atoms with E-state index in [2.05, 4.69) is 11.1 Å². The van der Waals surface area contributed by atoms with E-state index in [4.69, 9.17) is 4.74 Å². The fraction of sp³-hybridized carbons (Fsp3) is 0.100. The summed E-state index contributed by atoms with van der Waals surface area (Å²) < 4.78 is 5.17. The van der Waals surface area contributed by atoms with E-state index in [-0.39, 0.29) is 0 Å². The number of hydrogen-bond acceptors (Lipinski definition) is 2. The van der Waals surface area contributed by atoms with Gasteiger partial charge in [0.05, 0.1) is 12.6 Å². The maximum Gasteiger partial charge on any atom is 0.128 e. The summed E-state index contributed by atoms with van der Waals surface area (Å²) in [7, 11) is 1.65. The summed E-state index contributed by atoms with van der Waals surface area (Å²) in [6.07, 6.45) is 1.75. The lowest BCUT2D eigenvalue weighted by molar-refractivity contribution is 0.419. The molecule has 0 aliphatic heterocycles. The molecule has 1 heterocycles. The van der Waals surface area contributed by atoms with Gasteiger partial charge in [-0.1, -0.05) is 0 Å². The smallest absolute Gasteiger partial charge is 0.128 e. The second-order valence-electron chi connectivity index (χ2n) is 2.45. The van der Waals surface area contributed by atoms with E-state index in [1.807, 2.05) is 24.3 Å². The predicted octanol–water partition coefficient (Wildman–Crippen LogP) is 2.04. The van der Waals surface area contributed by atoms with Crippen molar-refractivity contribution >= 4 is 10.9 Å². The van der Waals surface area contributed by atoms with Crippen LogP contribution >= 0.6 is 0 Å². The molecule has 2 rings (SSSR count). The lowest BCUT2D eigenvalue weighted by atomic mass is 10.2. The highest BCUT2D eigenvalue weighted by Crippen LogP contribution is 2.22. The predicted molar refractivity (Wildman–Crippen MR) is 47.1 cm³/mol. The van der Waals surface area contributed by atoms with E-state index in [1.54, 1.807) is 13.3 Å². The van der Waals surface area contributed by atoms with Crippen molar-refractivity contribution in [3.63, 3.8) is 0 Å². The molecule has 0 bridgehead atoms. The summed E-state index contributed by atoms with van der Waals surface area (Å²) in [5.41, 5.74) is 0.844. The molecule has 0 unspecified atom stereocenters. The Hall–Kier alpha value is -1.57. The standard InChI is InChI=1S/C10H8NO/c1-12-10-6-2-5-9-8(10)4-3-7-11-9/h2-4,6-7H,1H3. The van der Waals surface area contributed by atoms with Crippen molar-refractivity contribution in [2.45, 2.75) is 0 Å². The second-order valence-corrected chi connectivity index (χ2v) is 2.45. The van der Waals surface area contributed by atoms with E-state index in [0.717, 1.165) is 16.7 Å². The molecule has 2 aromatic rings. The molecule has 0 saturated heterocycles. The van der Waals surface area contributed by atoms with Crippen LogP contribution in [0.1, 0.15) is 0 Å². The topological polar surface area (TPSA) is 22.1 Å². The monoisotopic (exact) mass is 158 g/mol. The Kier molecular flexibility index (Phi) is 1.67. The quantitative estimate of drug-likeness (QED) is 0.633. The van der Waals surface area contributed by atoms with Crippen LogP contribution in [0.25, 0.3) is 10.9 Å². The average Bonchev–Trinajstić information content (AvgIpc) is 2.17. The van der Waals surface area contributed by atoms with Gasteiger partial charge in [-0.3, -0.25) is 4.98 Å². The third kappa shape index (κ3) is 1.01. The van der Waals surface area contributed by atoms with Gasteiger partial charge in [-0.25, -0.2) is 0 Å². The SMILES string of the molecule is COc1cc[c]c2ncccc12. The number of pyridine rings is 1. The van der Waals surface area contributed by atoms with Crippen LogP contribution in [0.3, 0.4) is 0 Å². The molecule has 1 radical (unpaired) electrons. The Balaban J connectivity index is 2.79. The van der Waals surface area contributed by atoms with Crippen LogP contribution < -0.4 is 4.74 Å². The number of rotatable bonds is 1. The Morgan fingerprint density at radius 1 is 1.42 bits per heavy atom. The van der Waals surface area contributed by atoms with Gasteiger partial charge in [-0.15, -0.1) is 0 Å². The maximum atomic E-state index is 5.17. The summed E-state index contributed by atoms with van der Waals surface area (Å²) in [6.45, 7) is 0. The Morgan fingerprint density at radius 2 is 2.33 bits per heavy atom. The molecular formula is C10H8NO. The van der Waals surface area contributed by atoms with Gasteiger partial charge in [0.15, 0.2) is 0 Å². The van der Waals surface area contributed by atoms with Crippen molar-refractivity contribution < 1.29 is 4.74 Å². The van der Waals surface area contributed by atoms with Crippen molar-refractivity contribution in [1.29, 1.82) is 0 Å². The first kappa shape index (κ1) is 7.10. The van der Waals surface area contributed by atoms with Gasteiger partial charge < -0.3 is 4.74 Å². The molecule has 0 fully saturated rings. The van der Waals surface area contributed by atoms with E-state index >= 15 is 0 Å². The van der Waals surface area contributed by atoms with E-state index in [0.29, 0.717) is 0 Å². The molecular weight excluding hydrogens is 150 g/mol. The van der Waals surface area contributed by atoms with Gasteiger partial charge in [0, 0.05) is 17.6 Å². The van der Waals surface area contributed by atoms with Crippen LogP contribution in [0.2, 0.25) is 0 Å². The van der Waals surface area contributed by atoms with E-state index in [9.17, 15) is 0 Å². The molecule has 0 spiro atoms. The minimum absolute atomic E-state index is 0.844. The fourth-order valence-corrected chi connectivity index (χ4v) is 1.18. The van der Waals surface area contributed by atoms with Crippen LogP contribution in [0.5, 0.6) is 5.75 Å². The highest BCUT2D eigenvalue weighted by molar-refractivity contribution is 5.84. The van der Waals surface area contributed by atoms with Crippen LogP contribution in [0, 0.1) is 6.07 Å². The minimum Gasteiger partial charge on any atom is -0.496 e. The first-order chi connectivity index (χ1) is 5.92. The molecule has 0 atom stereocenters. The zero-order chi connectivity index (χ0) is 8.39. The molecule has 2 nitrogen and oxygen atoms in total. The number of fused-ring (bicyclic) bond motifs is 1. The number of ether oxygens (including phenoxy) is 1. The molecule has 12 heavy (non-hydrogen) atoms. The molecule has 0 aliphatic rings. The molecule has 2 heteroatoms. The van der Waals surface area contributed by atoms with Crippen molar-refractivity contribution in [1.82, 2.24) is 4.98 Å². The molecule has 0 saturated carbocycles. The summed E-state index contributed by atoms with van der Waals surface area (Å²) in [5, 5.41) is 1.00. The van der Waals surface area contributed by atoms with Crippen LogP contribution in [-0.2, 0) is 0 Å². The Bertz CT molecular complexity index is 392. The first-order valence-electron chi connectivity index (χ1n) is 3.71. The lowest BCUT2D eigenvalue weighted by Crippen LogP contribution is -1.85. The molecule has 1 aromatic heterocycles. The molecule has 0 aliphatic carbocycles. The third-order valence-corrected chi connectivity index (χ3v) is 1.75. The van der Waals surface area contributed by atoms with Gasteiger partial charge >= 0.3 is 0 Å². The van der Waals surface area contributed by atoms with Crippen molar-refractivity contribution in [2.75, 3.05) is 7.11 Å². The maximum absolute atomic E-state index is 5.17. The lowest BCUT2D eigenvalue weighted by Gasteiger charge is -2.02. The zero-order valence-electron chi connectivity index (χ0n) is 6.74. The minimum atomic E-state index is 0.844. The number of hydrogen-bond donors (Lipinski definition) is 0. The summed E-state index contributed by atoms with van der Waals surface area (Å²) in [5.74, 6) is 0.844. The number of methoxy groups -OCH3 is 1. The number of nitrogens with zero attached hydrogens (tertiary/aromatic N) is 1. The molecule has 59 valence electrons. The van der Waals surface area contributed by atoms with Crippen molar-refractivity contribution in [2.24, 2.45) is 0 Å².